The predicted octanol–water partition coefficient (Wildman–Crippen LogP) is 8.40. The number of hydrogen-bond donors (Lipinski definition) is 0. The van der Waals surface area contributed by atoms with Crippen LogP contribution in [0.25, 0.3) is 0 Å². The number of nitrogens with zero attached hydrogens (tertiary/aromatic N) is 2. The minimum absolute atomic E-state index is 0.0550. The number of benzene rings is 5. The summed E-state index contributed by atoms with van der Waals surface area (Å²) in [5.74, 6) is 1.15. The van der Waals surface area contributed by atoms with E-state index in [0.717, 1.165) is 32.5 Å². The molecule has 204 valence electrons. The van der Waals surface area contributed by atoms with Crippen molar-refractivity contribution in [1.29, 1.82) is 0 Å². The van der Waals surface area contributed by atoms with E-state index in [9.17, 15) is 4.79 Å². The van der Waals surface area contributed by atoms with Crippen molar-refractivity contribution in [3.05, 3.63) is 154 Å². The van der Waals surface area contributed by atoms with Crippen LogP contribution in [0.5, 0.6) is 11.5 Å². The third-order valence-electron chi connectivity index (χ3n) is 7.21. The molecule has 0 N–H and O–H groups in total. The van der Waals surface area contributed by atoms with E-state index in [4.69, 9.17) is 9.47 Å². The number of amides is 1. The molecule has 0 fully saturated rings. The maximum absolute atomic E-state index is 14.2. The molecular weight excluding hydrogens is 576 g/mol. The Hall–Kier alpha value is -4.55. The predicted molar refractivity (Wildman–Crippen MR) is 167 cm³/mol. The number of fused-ring (bicyclic) bond motifs is 1. The molecule has 0 radical (unpaired) electrons. The molecule has 0 saturated heterocycles. The minimum atomic E-state index is -0.451. The van der Waals surface area contributed by atoms with Crippen molar-refractivity contribution < 1.29 is 14.3 Å². The summed E-state index contributed by atoms with van der Waals surface area (Å²) in [6.07, 6.45) is -0.451. The van der Waals surface area contributed by atoms with E-state index in [-0.39, 0.29) is 5.91 Å². The highest BCUT2D eigenvalue weighted by Gasteiger charge is 2.40. The normalized spacial score (nSPS) is 14.5. The van der Waals surface area contributed by atoms with E-state index in [1.165, 1.54) is 0 Å². The van der Waals surface area contributed by atoms with Crippen LogP contribution < -0.4 is 19.3 Å². The number of anilines is 2. The van der Waals surface area contributed by atoms with Crippen LogP contribution >= 0.6 is 15.9 Å². The first-order chi connectivity index (χ1) is 20.1. The van der Waals surface area contributed by atoms with Crippen LogP contribution in [0.3, 0.4) is 0 Å². The first-order valence-corrected chi connectivity index (χ1v) is 14.3. The number of methoxy groups -OCH3 is 1. The molecule has 1 aliphatic heterocycles. The van der Waals surface area contributed by atoms with Crippen molar-refractivity contribution in [2.45, 2.75) is 19.3 Å². The summed E-state index contributed by atoms with van der Waals surface area (Å²) in [7, 11) is 1.64. The van der Waals surface area contributed by atoms with E-state index in [1.54, 1.807) is 7.11 Å². The number of para-hydroxylation sites is 2. The topological polar surface area (TPSA) is 42.0 Å². The van der Waals surface area contributed by atoms with Gasteiger partial charge in [-0.15, -0.1) is 0 Å². The number of halogens is 1. The molecule has 0 unspecified atom stereocenters. The molecule has 1 heterocycles. The third kappa shape index (κ3) is 5.43. The van der Waals surface area contributed by atoms with Crippen LogP contribution in [0.15, 0.2) is 132 Å². The molecule has 0 saturated carbocycles. The van der Waals surface area contributed by atoms with Crippen LogP contribution in [0.2, 0.25) is 0 Å². The van der Waals surface area contributed by atoms with E-state index < -0.39 is 6.17 Å². The van der Waals surface area contributed by atoms with E-state index >= 15 is 0 Å². The Bertz CT molecular complexity index is 1650. The SMILES string of the molecule is COc1cc([C@H]2N(Cc3ccccc3)c3ccccc3C(=O)N2c2ccccc2)cc(Br)c1OCc1ccccc1. The lowest BCUT2D eigenvalue weighted by atomic mass is 9.98. The minimum Gasteiger partial charge on any atom is -0.493 e. The number of hydrogen-bond acceptors (Lipinski definition) is 4. The van der Waals surface area contributed by atoms with Gasteiger partial charge in [-0.3, -0.25) is 9.69 Å². The van der Waals surface area contributed by atoms with Crippen LogP contribution in [0.1, 0.15) is 33.2 Å². The average Bonchev–Trinajstić information content (AvgIpc) is 3.02. The Morgan fingerprint density at radius 3 is 2.05 bits per heavy atom. The number of carbonyl (C=O) groups excluding carboxylic acids is 1. The van der Waals surface area contributed by atoms with E-state index in [2.05, 4.69) is 33.0 Å². The summed E-state index contributed by atoms with van der Waals surface area (Å²) in [6, 6.07) is 42.0. The summed E-state index contributed by atoms with van der Waals surface area (Å²) in [6.45, 7) is 1.01. The fourth-order valence-corrected chi connectivity index (χ4v) is 5.88. The van der Waals surface area contributed by atoms with Gasteiger partial charge in [0, 0.05) is 17.8 Å². The fourth-order valence-electron chi connectivity index (χ4n) is 5.30. The van der Waals surface area contributed by atoms with Crippen LogP contribution in [0, 0.1) is 0 Å². The Kier molecular flexibility index (Phi) is 7.74. The van der Waals surface area contributed by atoms with Crippen LogP contribution in [-0.4, -0.2) is 13.0 Å². The second-order valence-corrected chi connectivity index (χ2v) is 10.7. The highest BCUT2D eigenvalue weighted by atomic mass is 79.9. The second-order valence-electron chi connectivity index (χ2n) is 9.82. The molecule has 5 nitrogen and oxygen atoms in total. The van der Waals surface area contributed by atoms with Gasteiger partial charge in [0.2, 0.25) is 0 Å². The molecule has 6 rings (SSSR count). The van der Waals surface area contributed by atoms with Crippen molar-refractivity contribution in [3.63, 3.8) is 0 Å². The number of ether oxygens (including phenoxy) is 2. The smallest absolute Gasteiger partial charge is 0.262 e. The maximum atomic E-state index is 14.2. The second kappa shape index (κ2) is 11.9. The zero-order chi connectivity index (χ0) is 28.2. The van der Waals surface area contributed by atoms with Crippen molar-refractivity contribution >= 4 is 33.2 Å². The fraction of sp³-hybridized carbons (Fsp3) is 0.114. The molecule has 1 atom stereocenters. The van der Waals surface area contributed by atoms with Gasteiger partial charge in [-0.05, 0) is 63.5 Å². The van der Waals surface area contributed by atoms with Gasteiger partial charge in [0.05, 0.1) is 22.8 Å². The number of carbonyl (C=O) groups is 1. The molecule has 41 heavy (non-hydrogen) atoms. The van der Waals surface area contributed by atoms with Gasteiger partial charge in [0.25, 0.3) is 5.91 Å². The molecule has 0 spiro atoms. The lowest BCUT2D eigenvalue weighted by Gasteiger charge is -2.46. The Balaban J connectivity index is 1.49. The Labute approximate surface area is 248 Å². The van der Waals surface area contributed by atoms with E-state index in [0.29, 0.717) is 30.2 Å². The van der Waals surface area contributed by atoms with Gasteiger partial charge < -0.3 is 14.4 Å². The van der Waals surface area contributed by atoms with Gasteiger partial charge >= 0.3 is 0 Å². The van der Waals surface area contributed by atoms with Gasteiger partial charge in [-0.1, -0.05) is 91.0 Å². The molecule has 0 aromatic heterocycles. The Morgan fingerprint density at radius 2 is 1.37 bits per heavy atom. The quantitative estimate of drug-likeness (QED) is 0.178. The lowest BCUT2D eigenvalue weighted by molar-refractivity contribution is 0.0968. The van der Waals surface area contributed by atoms with Crippen molar-refractivity contribution in [2.24, 2.45) is 0 Å². The van der Waals surface area contributed by atoms with Gasteiger partial charge in [0.1, 0.15) is 12.8 Å². The zero-order valence-electron chi connectivity index (χ0n) is 22.6. The summed E-state index contributed by atoms with van der Waals surface area (Å²) in [5, 5.41) is 0. The van der Waals surface area contributed by atoms with Crippen molar-refractivity contribution in [3.8, 4) is 11.5 Å². The molecule has 0 bridgehead atoms. The molecule has 5 aromatic rings. The lowest BCUT2D eigenvalue weighted by Crippen LogP contribution is -2.49. The largest absolute Gasteiger partial charge is 0.493 e. The van der Waals surface area contributed by atoms with Gasteiger partial charge in [-0.2, -0.15) is 0 Å². The zero-order valence-corrected chi connectivity index (χ0v) is 24.2. The molecule has 1 aliphatic rings. The molecule has 6 heteroatoms. The summed E-state index contributed by atoms with van der Waals surface area (Å²) in [4.78, 5) is 18.4. The van der Waals surface area contributed by atoms with Crippen molar-refractivity contribution in [2.75, 3.05) is 16.9 Å². The first-order valence-electron chi connectivity index (χ1n) is 13.5. The van der Waals surface area contributed by atoms with Gasteiger partial charge in [0.15, 0.2) is 11.5 Å². The highest BCUT2D eigenvalue weighted by molar-refractivity contribution is 9.10. The van der Waals surface area contributed by atoms with E-state index in [1.807, 2.05) is 120 Å². The first kappa shape index (κ1) is 26.7. The van der Waals surface area contributed by atoms with Crippen molar-refractivity contribution in [1.82, 2.24) is 0 Å². The number of rotatable bonds is 8. The monoisotopic (exact) mass is 604 g/mol. The standard InChI is InChI=1S/C35H29BrN2O3/c1-40-32-22-27(21-30(36)33(32)41-24-26-15-7-3-8-16-26)34-37(23-25-13-5-2-6-14-25)31-20-12-11-19-29(31)35(39)38(34)28-17-9-4-10-18-28/h2-22,34H,23-24H2,1H3/t34-/m0/s1. The molecule has 1 amide bonds. The van der Waals surface area contributed by atoms with Gasteiger partial charge in [-0.25, -0.2) is 0 Å². The maximum Gasteiger partial charge on any atom is 0.262 e. The Morgan fingerprint density at radius 1 is 0.756 bits per heavy atom. The van der Waals surface area contributed by atoms with Crippen LogP contribution in [0.4, 0.5) is 11.4 Å². The molecular formula is C35H29BrN2O3. The summed E-state index contributed by atoms with van der Waals surface area (Å²) >= 11 is 3.76. The molecule has 5 aromatic carbocycles. The van der Waals surface area contributed by atoms with Crippen LogP contribution in [-0.2, 0) is 13.2 Å². The summed E-state index contributed by atoms with van der Waals surface area (Å²) < 4.78 is 12.8. The summed E-state index contributed by atoms with van der Waals surface area (Å²) in [5.41, 5.74) is 5.46. The highest BCUT2D eigenvalue weighted by Crippen LogP contribution is 2.46. The average molecular weight is 606 g/mol. The third-order valence-corrected chi connectivity index (χ3v) is 7.80. The molecule has 0 aliphatic carbocycles.